The number of methoxy groups -OCH3 is 1. The largest absolute Gasteiger partial charge is 0.493 e. The molecule has 1 saturated heterocycles. The van der Waals surface area contributed by atoms with E-state index in [4.69, 9.17) is 14.2 Å². The zero-order chi connectivity index (χ0) is 15.4. The molecule has 2 aliphatic rings. The van der Waals surface area contributed by atoms with Crippen LogP contribution in [0, 0.1) is 5.92 Å². The lowest BCUT2D eigenvalue weighted by atomic mass is 10.0. The lowest BCUT2D eigenvalue weighted by molar-refractivity contribution is -0.133. The summed E-state index contributed by atoms with van der Waals surface area (Å²) in [5, 5.41) is 0. The summed E-state index contributed by atoms with van der Waals surface area (Å²) in [6.45, 7) is 3.42. The predicted octanol–water partition coefficient (Wildman–Crippen LogP) is 2.23. The van der Waals surface area contributed by atoms with E-state index >= 15 is 0 Å². The van der Waals surface area contributed by atoms with Gasteiger partial charge in [-0.1, -0.05) is 12.1 Å². The molecule has 1 amide bonds. The van der Waals surface area contributed by atoms with Gasteiger partial charge in [-0.2, -0.15) is 0 Å². The Balaban J connectivity index is 1.74. The van der Waals surface area contributed by atoms with Crippen LogP contribution in [0.4, 0.5) is 0 Å². The van der Waals surface area contributed by atoms with Gasteiger partial charge < -0.3 is 19.1 Å². The SMILES string of the molecule is COc1cccc2c1OCCCN(C(=O)C[C@H]1CCOC1)C2. The van der Waals surface area contributed by atoms with Gasteiger partial charge in [0.05, 0.1) is 13.7 Å². The number of rotatable bonds is 3. The van der Waals surface area contributed by atoms with Crippen molar-refractivity contribution in [1.29, 1.82) is 0 Å². The van der Waals surface area contributed by atoms with E-state index < -0.39 is 0 Å². The summed E-state index contributed by atoms with van der Waals surface area (Å²) in [6, 6.07) is 5.83. The van der Waals surface area contributed by atoms with Gasteiger partial charge in [0, 0.05) is 38.3 Å². The van der Waals surface area contributed by atoms with Crippen molar-refractivity contribution >= 4 is 5.91 Å². The summed E-state index contributed by atoms with van der Waals surface area (Å²) in [7, 11) is 1.64. The number of carbonyl (C=O) groups excluding carboxylic acids is 1. The maximum absolute atomic E-state index is 12.6. The van der Waals surface area contributed by atoms with Crippen LogP contribution in [-0.4, -0.2) is 44.3 Å². The van der Waals surface area contributed by atoms with Crippen LogP contribution in [0.1, 0.15) is 24.8 Å². The summed E-state index contributed by atoms with van der Waals surface area (Å²) in [5.41, 5.74) is 1.01. The van der Waals surface area contributed by atoms with E-state index in [-0.39, 0.29) is 5.91 Å². The first-order valence-electron chi connectivity index (χ1n) is 7.92. The summed E-state index contributed by atoms with van der Waals surface area (Å²) in [6.07, 6.45) is 2.41. The van der Waals surface area contributed by atoms with E-state index in [0.717, 1.165) is 43.1 Å². The van der Waals surface area contributed by atoms with E-state index in [1.807, 2.05) is 23.1 Å². The summed E-state index contributed by atoms with van der Waals surface area (Å²) in [5.74, 6) is 2.09. The maximum atomic E-state index is 12.6. The molecule has 5 heteroatoms. The maximum Gasteiger partial charge on any atom is 0.223 e. The van der Waals surface area contributed by atoms with Crippen LogP contribution < -0.4 is 9.47 Å². The van der Waals surface area contributed by atoms with Crippen LogP contribution in [0.25, 0.3) is 0 Å². The lowest BCUT2D eigenvalue weighted by Gasteiger charge is -2.28. The highest BCUT2D eigenvalue weighted by Gasteiger charge is 2.25. The molecule has 2 heterocycles. The molecule has 1 atom stereocenters. The third-order valence-electron chi connectivity index (χ3n) is 4.30. The molecule has 0 N–H and O–H groups in total. The van der Waals surface area contributed by atoms with Gasteiger partial charge in [0.1, 0.15) is 0 Å². The fourth-order valence-corrected chi connectivity index (χ4v) is 3.06. The van der Waals surface area contributed by atoms with Crippen molar-refractivity contribution < 1.29 is 19.0 Å². The van der Waals surface area contributed by atoms with Crippen molar-refractivity contribution in [2.24, 2.45) is 5.92 Å². The van der Waals surface area contributed by atoms with E-state index in [1.54, 1.807) is 7.11 Å². The highest BCUT2D eigenvalue weighted by Crippen LogP contribution is 2.33. The number of ether oxygens (including phenoxy) is 3. The van der Waals surface area contributed by atoms with E-state index in [2.05, 4.69) is 0 Å². The Hall–Kier alpha value is -1.75. The van der Waals surface area contributed by atoms with Gasteiger partial charge in [0.2, 0.25) is 5.91 Å². The molecule has 0 spiro atoms. The van der Waals surface area contributed by atoms with Crippen LogP contribution in [-0.2, 0) is 16.1 Å². The van der Waals surface area contributed by atoms with Crippen molar-refractivity contribution in [3.8, 4) is 11.5 Å². The van der Waals surface area contributed by atoms with E-state index in [1.165, 1.54) is 0 Å². The monoisotopic (exact) mass is 305 g/mol. The highest BCUT2D eigenvalue weighted by molar-refractivity contribution is 5.76. The summed E-state index contributed by atoms with van der Waals surface area (Å²) in [4.78, 5) is 14.5. The number of nitrogens with zero attached hydrogens (tertiary/aromatic N) is 1. The topological polar surface area (TPSA) is 48.0 Å². The van der Waals surface area contributed by atoms with Crippen molar-refractivity contribution in [3.05, 3.63) is 23.8 Å². The fraction of sp³-hybridized carbons (Fsp3) is 0.588. The van der Waals surface area contributed by atoms with Crippen LogP contribution in [0.2, 0.25) is 0 Å². The van der Waals surface area contributed by atoms with Gasteiger partial charge in [-0.15, -0.1) is 0 Å². The number of hydrogen-bond donors (Lipinski definition) is 0. The lowest BCUT2D eigenvalue weighted by Crippen LogP contribution is -2.34. The molecule has 0 saturated carbocycles. The van der Waals surface area contributed by atoms with Crippen LogP contribution in [0.3, 0.4) is 0 Å². The molecule has 0 aromatic heterocycles. The molecule has 22 heavy (non-hydrogen) atoms. The molecule has 2 aliphatic heterocycles. The normalized spacial score (nSPS) is 21.5. The quantitative estimate of drug-likeness (QED) is 0.859. The van der Waals surface area contributed by atoms with Crippen molar-refractivity contribution in [2.45, 2.75) is 25.8 Å². The molecule has 1 aromatic rings. The first-order chi connectivity index (χ1) is 10.8. The molecule has 0 unspecified atom stereocenters. The molecule has 5 nitrogen and oxygen atoms in total. The molecule has 0 bridgehead atoms. The summed E-state index contributed by atoms with van der Waals surface area (Å²) >= 11 is 0. The standard InChI is InChI=1S/C17H23NO4/c1-20-15-5-2-4-14-11-18(7-3-8-22-17(14)15)16(19)10-13-6-9-21-12-13/h2,4-5,13H,3,6-12H2,1H3/t13-/m1/s1. The molecular formula is C17H23NO4. The minimum absolute atomic E-state index is 0.214. The second-order valence-electron chi connectivity index (χ2n) is 5.90. The van der Waals surface area contributed by atoms with Gasteiger partial charge >= 0.3 is 0 Å². The highest BCUT2D eigenvalue weighted by atomic mass is 16.5. The smallest absolute Gasteiger partial charge is 0.223 e. The number of para-hydroxylation sites is 1. The molecule has 0 aliphatic carbocycles. The minimum atomic E-state index is 0.214. The van der Waals surface area contributed by atoms with Gasteiger partial charge in [0.15, 0.2) is 11.5 Å². The molecule has 120 valence electrons. The molecular weight excluding hydrogens is 282 g/mol. The zero-order valence-electron chi connectivity index (χ0n) is 13.0. The van der Waals surface area contributed by atoms with Gasteiger partial charge in [-0.25, -0.2) is 0 Å². The third kappa shape index (κ3) is 3.35. The van der Waals surface area contributed by atoms with Gasteiger partial charge in [-0.3, -0.25) is 4.79 Å². The van der Waals surface area contributed by atoms with Gasteiger partial charge in [0.25, 0.3) is 0 Å². The van der Waals surface area contributed by atoms with Crippen molar-refractivity contribution in [1.82, 2.24) is 4.90 Å². The Bertz CT molecular complexity index is 525. The Morgan fingerprint density at radius 2 is 2.32 bits per heavy atom. The number of amides is 1. The average molecular weight is 305 g/mol. The van der Waals surface area contributed by atoms with Crippen LogP contribution >= 0.6 is 0 Å². The number of benzene rings is 1. The van der Waals surface area contributed by atoms with Crippen molar-refractivity contribution in [2.75, 3.05) is 33.5 Å². The van der Waals surface area contributed by atoms with Crippen LogP contribution in [0.5, 0.6) is 11.5 Å². The summed E-state index contributed by atoms with van der Waals surface area (Å²) < 4.78 is 16.6. The minimum Gasteiger partial charge on any atom is -0.493 e. The average Bonchev–Trinajstić information content (AvgIpc) is 3.00. The molecule has 3 rings (SSSR count). The first-order valence-corrected chi connectivity index (χ1v) is 7.92. The third-order valence-corrected chi connectivity index (χ3v) is 4.30. The number of carbonyl (C=O) groups is 1. The second-order valence-corrected chi connectivity index (χ2v) is 5.90. The Labute approximate surface area is 131 Å². The zero-order valence-corrected chi connectivity index (χ0v) is 13.0. The fourth-order valence-electron chi connectivity index (χ4n) is 3.06. The Kier molecular flexibility index (Phi) is 4.83. The first kappa shape index (κ1) is 15.2. The Morgan fingerprint density at radius 3 is 3.09 bits per heavy atom. The van der Waals surface area contributed by atoms with Crippen LogP contribution in [0.15, 0.2) is 18.2 Å². The van der Waals surface area contributed by atoms with E-state index in [0.29, 0.717) is 32.1 Å². The predicted molar refractivity (Wildman–Crippen MR) is 82.1 cm³/mol. The number of fused-ring (bicyclic) bond motifs is 1. The Morgan fingerprint density at radius 1 is 1.41 bits per heavy atom. The van der Waals surface area contributed by atoms with E-state index in [9.17, 15) is 4.79 Å². The van der Waals surface area contributed by atoms with Crippen molar-refractivity contribution in [3.63, 3.8) is 0 Å². The second kappa shape index (κ2) is 7.01. The number of hydrogen-bond acceptors (Lipinski definition) is 4. The molecule has 1 aromatic carbocycles. The van der Waals surface area contributed by atoms with Gasteiger partial charge in [-0.05, 0) is 24.8 Å². The molecule has 1 fully saturated rings. The molecule has 0 radical (unpaired) electrons.